The van der Waals surface area contributed by atoms with E-state index in [1.165, 1.54) is 22.1 Å². The Morgan fingerprint density at radius 1 is 0.793 bits per heavy atom. The van der Waals surface area contributed by atoms with Gasteiger partial charge in [-0.1, -0.05) is 84.1 Å². The summed E-state index contributed by atoms with van der Waals surface area (Å²) >= 11 is 1.39. The van der Waals surface area contributed by atoms with E-state index in [1.54, 1.807) is 4.57 Å². The van der Waals surface area contributed by atoms with Crippen molar-refractivity contribution in [2.45, 2.75) is 6.54 Å². The van der Waals surface area contributed by atoms with Crippen molar-refractivity contribution in [1.82, 2.24) is 4.57 Å². The summed E-state index contributed by atoms with van der Waals surface area (Å²) in [5.41, 5.74) is 3.82. The molecule has 0 aliphatic heterocycles. The van der Waals surface area contributed by atoms with Gasteiger partial charge in [-0.15, -0.1) is 0 Å². The van der Waals surface area contributed by atoms with Crippen molar-refractivity contribution in [2.75, 3.05) is 0 Å². The Morgan fingerprint density at radius 2 is 1.48 bits per heavy atom. The Balaban J connectivity index is 1.42. The summed E-state index contributed by atoms with van der Waals surface area (Å²) in [7, 11) is 0. The fourth-order valence-electron chi connectivity index (χ4n) is 3.64. The lowest BCUT2D eigenvalue weighted by atomic mass is 9.99. The van der Waals surface area contributed by atoms with Crippen LogP contribution in [0.5, 0.6) is 0 Å². The zero-order valence-corrected chi connectivity index (χ0v) is 16.4. The van der Waals surface area contributed by atoms with Gasteiger partial charge in [0, 0.05) is 5.56 Å². The average Bonchev–Trinajstić information content (AvgIpc) is 3.08. The van der Waals surface area contributed by atoms with E-state index < -0.39 is 0 Å². The Hall–Kier alpha value is -3.50. The molecule has 0 fully saturated rings. The van der Waals surface area contributed by atoms with E-state index in [4.69, 9.17) is 5.41 Å². The fourth-order valence-corrected chi connectivity index (χ4v) is 4.56. The molecular formula is C25H18N2OS. The maximum atomic E-state index is 12.8. The first kappa shape index (κ1) is 17.6. The molecule has 0 saturated heterocycles. The fraction of sp³-hybridized carbons (Fsp3) is 0.0400. The molecule has 5 aromatic rings. The molecule has 0 bridgehead atoms. The molecule has 140 valence electrons. The predicted molar refractivity (Wildman–Crippen MR) is 119 cm³/mol. The summed E-state index contributed by atoms with van der Waals surface area (Å²) in [6.07, 6.45) is 0. The third kappa shape index (κ3) is 3.28. The number of nitrogens with zero attached hydrogens (tertiary/aromatic N) is 1. The number of nitrogens with one attached hydrogen (secondary N) is 1. The second-order valence-corrected chi connectivity index (χ2v) is 8.05. The molecule has 29 heavy (non-hydrogen) atoms. The molecule has 0 spiro atoms. The number of thiazole rings is 1. The number of aromatic nitrogens is 1. The van der Waals surface area contributed by atoms with Gasteiger partial charge in [-0.05, 0) is 40.1 Å². The van der Waals surface area contributed by atoms with Gasteiger partial charge in [0.2, 0.25) is 0 Å². The third-order valence-corrected chi connectivity index (χ3v) is 6.18. The third-order valence-electron chi connectivity index (χ3n) is 5.20. The minimum Gasteiger partial charge on any atom is -0.309 e. The molecule has 1 N–H and O–H groups in total. The second kappa shape index (κ2) is 7.15. The summed E-state index contributed by atoms with van der Waals surface area (Å²) in [6, 6.07) is 30.3. The van der Waals surface area contributed by atoms with Crippen molar-refractivity contribution in [1.29, 1.82) is 5.41 Å². The van der Waals surface area contributed by atoms with Gasteiger partial charge in [0.1, 0.15) is 0 Å². The van der Waals surface area contributed by atoms with Crippen molar-refractivity contribution in [3.05, 3.63) is 101 Å². The number of fused-ring (bicyclic) bond motifs is 2. The summed E-state index contributed by atoms with van der Waals surface area (Å²) in [6.45, 7) is 0.179. The van der Waals surface area contributed by atoms with Gasteiger partial charge in [-0.3, -0.25) is 10.2 Å². The largest absolute Gasteiger partial charge is 0.309 e. The number of rotatable bonds is 4. The van der Waals surface area contributed by atoms with Crippen LogP contribution in [0, 0.1) is 5.41 Å². The number of carbonyl (C=O) groups excluding carboxylic acids is 1. The molecule has 0 saturated carbocycles. The Labute approximate surface area is 172 Å². The molecule has 1 heterocycles. The maximum Gasteiger partial charge on any atom is 0.183 e. The van der Waals surface area contributed by atoms with E-state index in [0.29, 0.717) is 10.4 Å². The number of carbonyl (C=O) groups is 1. The molecule has 0 atom stereocenters. The highest BCUT2D eigenvalue weighted by Gasteiger charge is 2.11. The van der Waals surface area contributed by atoms with Crippen LogP contribution in [0.3, 0.4) is 0 Å². The van der Waals surface area contributed by atoms with E-state index in [1.807, 2.05) is 60.7 Å². The van der Waals surface area contributed by atoms with Gasteiger partial charge in [0.15, 0.2) is 10.6 Å². The minimum absolute atomic E-state index is 0.0112. The Bertz CT molecular complexity index is 1410. The van der Waals surface area contributed by atoms with Gasteiger partial charge >= 0.3 is 0 Å². The lowest BCUT2D eigenvalue weighted by Crippen LogP contribution is -2.19. The Morgan fingerprint density at radius 3 is 2.31 bits per heavy atom. The van der Waals surface area contributed by atoms with Crippen molar-refractivity contribution in [2.24, 2.45) is 0 Å². The van der Waals surface area contributed by atoms with Crippen LogP contribution < -0.4 is 4.80 Å². The van der Waals surface area contributed by atoms with E-state index >= 15 is 0 Å². The standard InChI is InChI=1S/C25H18N2OS/c26-25-27(22-7-3-4-8-24(22)29-25)16-23(28)19-12-9-18(10-13-19)21-14-11-17-5-1-2-6-20(17)15-21/h1-15,26H,16H2. The topological polar surface area (TPSA) is 45.9 Å². The number of Topliss-reactive ketones (excluding diaryl/α,β-unsaturated/α-hetero) is 1. The number of benzene rings is 4. The van der Waals surface area contributed by atoms with Crippen LogP contribution in [-0.4, -0.2) is 10.4 Å². The molecule has 0 aliphatic carbocycles. The van der Waals surface area contributed by atoms with Gasteiger partial charge in [-0.2, -0.15) is 0 Å². The zero-order chi connectivity index (χ0) is 19.8. The average molecular weight is 394 g/mol. The zero-order valence-electron chi connectivity index (χ0n) is 15.6. The molecule has 4 heteroatoms. The van der Waals surface area contributed by atoms with Gasteiger partial charge in [-0.25, -0.2) is 0 Å². The van der Waals surface area contributed by atoms with E-state index in [0.717, 1.165) is 21.3 Å². The van der Waals surface area contributed by atoms with Crippen LogP contribution in [-0.2, 0) is 6.54 Å². The van der Waals surface area contributed by atoms with Crippen LogP contribution in [0.25, 0.3) is 32.1 Å². The van der Waals surface area contributed by atoms with E-state index in [2.05, 4.69) is 30.3 Å². The van der Waals surface area contributed by atoms with Crippen LogP contribution in [0.4, 0.5) is 0 Å². The number of hydrogen-bond acceptors (Lipinski definition) is 3. The van der Waals surface area contributed by atoms with Crippen molar-refractivity contribution in [3.63, 3.8) is 0 Å². The van der Waals surface area contributed by atoms with Crippen LogP contribution in [0.1, 0.15) is 10.4 Å². The molecule has 3 nitrogen and oxygen atoms in total. The molecule has 0 amide bonds. The van der Waals surface area contributed by atoms with Crippen molar-refractivity contribution >= 4 is 38.1 Å². The number of para-hydroxylation sites is 1. The highest BCUT2D eigenvalue weighted by atomic mass is 32.1. The molecule has 1 aromatic heterocycles. The maximum absolute atomic E-state index is 12.8. The summed E-state index contributed by atoms with van der Waals surface area (Å²) in [5.74, 6) is 0.0112. The SMILES string of the molecule is N=c1sc2ccccc2n1CC(=O)c1ccc(-c2ccc3ccccc3c2)cc1. The first-order valence-electron chi connectivity index (χ1n) is 9.44. The number of ketones is 1. The second-order valence-electron chi connectivity index (χ2n) is 7.02. The van der Waals surface area contributed by atoms with Crippen molar-refractivity contribution in [3.8, 4) is 11.1 Å². The predicted octanol–water partition coefficient (Wildman–Crippen LogP) is 5.89. The first-order valence-corrected chi connectivity index (χ1v) is 10.3. The lowest BCUT2D eigenvalue weighted by Gasteiger charge is -2.07. The molecule has 5 rings (SSSR count). The normalized spacial score (nSPS) is 11.2. The quantitative estimate of drug-likeness (QED) is 0.380. The number of hydrogen-bond donors (Lipinski definition) is 1. The first-order chi connectivity index (χ1) is 14.2. The minimum atomic E-state index is 0.0112. The molecule has 4 aromatic carbocycles. The summed E-state index contributed by atoms with van der Waals surface area (Å²) in [4.78, 5) is 13.2. The van der Waals surface area contributed by atoms with Gasteiger partial charge in [0.25, 0.3) is 0 Å². The highest BCUT2D eigenvalue weighted by Crippen LogP contribution is 2.25. The van der Waals surface area contributed by atoms with Gasteiger partial charge < -0.3 is 4.57 Å². The molecule has 0 unspecified atom stereocenters. The van der Waals surface area contributed by atoms with Crippen molar-refractivity contribution < 1.29 is 4.79 Å². The Kier molecular flexibility index (Phi) is 4.34. The van der Waals surface area contributed by atoms with Crippen LogP contribution in [0.2, 0.25) is 0 Å². The molecular weight excluding hydrogens is 376 g/mol. The smallest absolute Gasteiger partial charge is 0.183 e. The van der Waals surface area contributed by atoms with Crippen LogP contribution >= 0.6 is 11.3 Å². The van der Waals surface area contributed by atoms with Gasteiger partial charge in [0.05, 0.1) is 16.8 Å². The molecule has 0 aliphatic rings. The molecule has 0 radical (unpaired) electrons. The highest BCUT2D eigenvalue weighted by molar-refractivity contribution is 7.16. The van der Waals surface area contributed by atoms with E-state index in [9.17, 15) is 4.79 Å². The summed E-state index contributed by atoms with van der Waals surface area (Å²) in [5, 5.41) is 10.6. The lowest BCUT2D eigenvalue weighted by molar-refractivity contribution is 0.0972. The van der Waals surface area contributed by atoms with Crippen LogP contribution in [0.15, 0.2) is 91.0 Å². The monoisotopic (exact) mass is 394 g/mol. The van der Waals surface area contributed by atoms with E-state index in [-0.39, 0.29) is 12.3 Å². The summed E-state index contributed by atoms with van der Waals surface area (Å²) < 4.78 is 2.80.